The smallest absolute Gasteiger partial charge is 0.203 e. The van der Waals surface area contributed by atoms with E-state index in [1.165, 1.54) is 11.1 Å². The zero-order valence-corrected chi connectivity index (χ0v) is 15.3. The molecular weight excluding hydrogens is 324 g/mol. The summed E-state index contributed by atoms with van der Waals surface area (Å²) in [7, 11) is 4.72. The third kappa shape index (κ3) is 4.29. The van der Waals surface area contributed by atoms with Gasteiger partial charge in [0.25, 0.3) is 0 Å². The van der Waals surface area contributed by atoms with Crippen LogP contribution in [0.2, 0.25) is 0 Å². The van der Waals surface area contributed by atoms with Gasteiger partial charge in [-0.3, -0.25) is 0 Å². The van der Waals surface area contributed by atoms with Crippen LogP contribution in [0.4, 0.5) is 11.4 Å². The number of thiocarbonyl (C=S) groups is 1. The lowest BCUT2D eigenvalue weighted by Crippen LogP contribution is -2.19. The van der Waals surface area contributed by atoms with Crippen molar-refractivity contribution in [3.63, 3.8) is 0 Å². The van der Waals surface area contributed by atoms with Gasteiger partial charge in [-0.15, -0.1) is 0 Å². The molecular formula is C18H22N2O3S. The van der Waals surface area contributed by atoms with Crippen molar-refractivity contribution in [2.45, 2.75) is 13.8 Å². The molecule has 0 bridgehead atoms. The van der Waals surface area contributed by atoms with Gasteiger partial charge in [-0.1, -0.05) is 6.07 Å². The molecule has 0 unspecified atom stereocenters. The molecule has 0 fully saturated rings. The highest BCUT2D eigenvalue weighted by Crippen LogP contribution is 2.39. The van der Waals surface area contributed by atoms with Crippen molar-refractivity contribution in [2.75, 3.05) is 32.0 Å². The highest BCUT2D eigenvalue weighted by molar-refractivity contribution is 7.80. The SMILES string of the molecule is COc1cc(NC(=S)Nc2cc(C)cc(C)c2)cc(OC)c1OC. The minimum atomic E-state index is 0.481. The summed E-state index contributed by atoms with van der Waals surface area (Å²) in [6, 6.07) is 9.79. The fourth-order valence-electron chi connectivity index (χ4n) is 2.49. The lowest BCUT2D eigenvalue weighted by atomic mass is 10.1. The van der Waals surface area contributed by atoms with E-state index in [0.717, 1.165) is 11.4 Å². The largest absolute Gasteiger partial charge is 0.493 e. The van der Waals surface area contributed by atoms with Crippen LogP contribution in [0.25, 0.3) is 0 Å². The first-order valence-corrected chi connectivity index (χ1v) is 7.84. The molecule has 0 spiro atoms. The monoisotopic (exact) mass is 346 g/mol. The van der Waals surface area contributed by atoms with Gasteiger partial charge in [0, 0.05) is 23.5 Å². The number of benzene rings is 2. The summed E-state index contributed by atoms with van der Waals surface area (Å²) in [5, 5.41) is 6.80. The van der Waals surface area contributed by atoms with E-state index in [-0.39, 0.29) is 0 Å². The summed E-state index contributed by atoms with van der Waals surface area (Å²) in [6.45, 7) is 4.10. The first kappa shape index (κ1) is 17.9. The Morgan fingerprint density at radius 1 is 0.750 bits per heavy atom. The van der Waals surface area contributed by atoms with E-state index in [2.05, 4.69) is 16.7 Å². The Labute approximate surface area is 147 Å². The van der Waals surface area contributed by atoms with Gasteiger partial charge in [-0.05, 0) is 49.3 Å². The minimum Gasteiger partial charge on any atom is -0.493 e. The molecule has 0 saturated carbocycles. The predicted molar refractivity (Wildman–Crippen MR) is 102 cm³/mol. The molecule has 2 N–H and O–H groups in total. The molecule has 0 amide bonds. The predicted octanol–water partition coefficient (Wildman–Crippen LogP) is 4.14. The van der Waals surface area contributed by atoms with E-state index in [1.54, 1.807) is 33.5 Å². The van der Waals surface area contributed by atoms with E-state index in [1.807, 2.05) is 26.0 Å². The number of ether oxygens (including phenoxy) is 3. The average Bonchev–Trinajstić information content (AvgIpc) is 2.52. The lowest BCUT2D eigenvalue weighted by molar-refractivity contribution is 0.324. The maximum atomic E-state index is 5.39. The molecule has 5 nitrogen and oxygen atoms in total. The van der Waals surface area contributed by atoms with Gasteiger partial charge in [-0.25, -0.2) is 0 Å². The molecule has 2 rings (SSSR count). The van der Waals surface area contributed by atoms with Crippen LogP contribution in [0.5, 0.6) is 17.2 Å². The summed E-state index contributed by atoms with van der Waals surface area (Å²) in [5.41, 5.74) is 4.03. The van der Waals surface area contributed by atoms with Gasteiger partial charge < -0.3 is 24.8 Å². The standard InChI is InChI=1S/C18H22N2O3S/c1-11-6-12(2)8-13(7-11)19-18(24)20-14-9-15(21-3)17(23-5)16(10-14)22-4/h6-10H,1-5H3,(H2,19,20,24). The molecule has 0 radical (unpaired) electrons. The maximum Gasteiger partial charge on any atom is 0.203 e. The Morgan fingerprint density at radius 3 is 1.62 bits per heavy atom. The van der Waals surface area contributed by atoms with Gasteiger partial charge in [0.15, 0.2) is 16.6 Å². The number of aryl methyl sites for hydroxylation is 2. The topological polar surface area (TPSA) is 51.8 Å². The van der Waals surface area contributed by atoms with E-state index in [0.29, 0.717) is 22.4 Å². The second kappa shape index (κ2) is 7.88. The quantitative estimate of drug-likeness (QED) is 0.794. The third-order valence-corrected chi connectivity index (χ3v) is 3.61. The maximum absolute atomic E-state index is 5.39. The second-order valence-electron chi connectivity index (χ2n) is 5.37. The molecule has 0 aliphatic heterocycles. The van der Waals surface area contributed by atoms with Crippen LogP contribution in [-0.4, -0.2) is 26.4 Å². The van der Waals surface area contributed by atoms with Crippen molar-refractivity contribution in [3.8, 4) is 17.2 Å². The Kier molecular flexibility index (Phi) is 5.87. The van der Waals surface area contributed by atoms with Crippen LogP contribution >= 0.6 is 12.2 Å². The van der Waals surface area contributed by atoms with E-state index < -0.39 is 0 Å². The highest BCUT2D eigenvalue weighted by atomic mass is 32.1. The zero-order chi connectivity index (χ0) is 17.7. The first-order chi connectivity index (χ1) is 11.5. The van der Waals surface area contributed by atoms with E-state index in [4.69, 9.17) is 26.4 Å². The first-order valence-electron chi connectivity index (χ1n) is 7.43. The molecule has 0 aliphatic carbocycles. The number of nitrogens with one attached hydrogen (secondary N) is 2. The van der Waals surface area contributed by atoms with Gasteiger partial charge in [-0.2, -0.15) is 0 Å². The molecule has 2 aromatic rings. The Balaban J connectivity index is 2.19. The Hall–Kier alpha value is -2.47. The molecule has 0 aromatic heterocycles. The minimum absolute atomic E-state index is 0.481. The van der Waals surface area contributed by atoms with Crippen LogP contribution in [0.3, 0.4) is 0 Å². The molecule has 6 heteroatoms. The molecule has 0 saturated heterocycles. The van der Waals surface area contributed by atoms with Gasteiger partial charge in [0.1, 0.15) is 0 Å². The highest BCUT2D eigenvalue weighted by Gasteiger charge is 2.13. The van der Waals surface area contributed by atoms with Crippen molar-refractivity contribution in [3.05, 3.63) is 41.5 Å². The summed E-state index contributed by atoms with van der Waals surface area (Å²) >= 11 is 5.39. The number of hydrogen-bond donors (Lipinski definition) is 2. The summed E-state index contributed by atoms with van der Waals surface area (Å²) in [4.78, 5) is 0. The number of rotatable bonds is 5. The lowest BCUT2D eigenvalue weighted by Gasteiger charge is -2.16. The van der Waals surface area contributed by atoms with Crippen LogP contribution in [0.15, 0.2) is 30.3 Å². The molecule has 0 aliphatic rings. The molecule has 0 atom stereocenters. The van der Waals surface area contributed by atoms with Crippen molar-refractivity contribution < 1.29 is 14.2 Å². The van der Waals surface area contributed by atoms with Crippen molar-refractivity contribution in [1.82, 2.24) is 0 Å². The third-order valence-electron chi connectivity index (χ3n) is 3.40. The van der Waals surface area contributed by atoms with Crippen LogP contribution < -0.4 is 24.8 Å². The molecule has 0 heterocycles. The fourth-order valence-corrected chi connectivity index (χ4v) is 2.73. The van der Waals surface area contributed by atoms with Crippen molar-refractivity contribution >= 4 is 28.7 Å². The van der Waals surface area contributed by atoms with Crippen molar-refractivity contribution in [2.24, 2.45) is 0 Å². The molecule has 24 heavy (non-hydrogen) atoms. The number of methoxy groups -OCH3 is 3. The summed E-state index contributed by atoms with van der Waals surface area (Å²) in [5.74, 6) is 1.67. The van der Waals surface area contributed by atoms with E-state index >= 15 is 0 Å². The Morgan fingerprint density at radius 2 is 1.21 bits per heavy atom. The van der Waals surface area contributed by atoms with Crippen LogP contribution in [0.1, 0.15) is 11.1 Å². The van der Waals surface area contributed by atoms with Gasteiger partial charge in [0.05, 0.1) is 21.3 Å². The number of anilines is 2. The average molecular weight is 346 g/mol. The van der Waals surface area contributed by atoms with Crippen LogP contribution in [-0.2, 0) is 0 Å². The molecule has 128 valence electrons. The molecule has 2 aromatic carbocycles. The summed E-state index contributed by atoms with van der Waals surface area (Å²) < 4.78 is 16.0. The summed E-state index contributed by atoms with van der Waals surface area (Å²) in [6.07, 6.45) is 0. The Bertz CT molecular complexity index is 702. The van der Waals surface area contributed by atoms with Crippen LogP contribution in [0, 0.1) is 13.8 Å². The second-order valence-corrected chi connectivity index (χ2v) is 5.78. The van der Waals surface area contributed by atoms with Gasteiger partial charge >= 0.3 is 0 Å². The number of hydrogen-bond acceptors (Lipinski definition) is 4. The normalized spacial score (nSPS) is 10.0. The fraction of sp³-hybridized carbons (Fsp3) is 0.278. The van der Waals surface area contributed by atoms with E-state index in [9.17, 15) is 0 Å². The van der Waals surface area contributed by atoms with Crippen molar-refractivity contribution in [1.29, 1.82) is 0 Å². The van der Waals surface area contributed by atoms with Gasteiger partial charge in [0.2, 0.25) is 5.75 Å². The zero-order valence-electron chi connectivity index (χ0n) is 14.5.